The molecule has 120 valence electrons. The molecule has 1 aromatic carbocycles. The first-order valence-corrected chi connectivity index (χ1v) is 7.33. The summed E-state index contributed by atoms with van der Waals surface area (Å²) in [4.78, 5) is 15.3. The summed E-state index contributed by atoms with van der Waals surface area (Å²) in [6.45, 7) is 3.26. The predicted molar refractivity (Wildman–Crippen MR) is 77.2 cm³/mol. The van der Waals surface area contributed by atoms with Crippen molar-refractivity contribution in [1.29, 1.82) is 0 Å². The Hall–Kier alpha value is -1.47. The molecule has 3 rings (SSSR count). The third-order valence-electron chi connectivity index (χ3n) is 4.04. The van der Waals surface area contributed by atoms with Crippen LogP contribution in [0, 0.1) is 0 Å². The zero-order chi connectivity index (χ0) is 16.1. The van der Waals surface area contributed by atoms with Gasteiger partial charge in [0.05, 0.1) is 17.3 Å². The number of rotatable bonds is 1. The number of urea groups is 1. The molecule has 0 aromatic heterocycles. The van der Waals surface area contributed by atoms with Gasteiger partial charge in [-0.3, -0.25) is 4.90 Å². The lowest BCUT2D eigenvalue weighted by Gasteiger charge is -2.33. The molecule has 2 saturated heterocycles. The van der Waals surface area contributed by atoms with Gasteiger partial charge in [-0.2, -0.15) is 13.2 Å². The van der Waals surface area contributed by atoms with Crippen LogP contribution in [0.1, 0.15) is 12.5 Å². The highest BCUT2D eigenvalue weighted by Gasteiger charge is 2.44. The highest BCUT2D eigenvalue weighted by molar-refractivity contribution is 6.30. The summed E-state index contributed by atoms with van der Waals surface area (Å²) in [5, 5.41) is 3.23. The lowest BCUT2D eigenvalue weighted by molar-refractivity contribution is -0.137. The molecule has 2 atom stereocenters. The number of amides is 2. The Kier molecular flexibility index (Phi) is 3.72. The minimum atomic E-state index is -4.56. The largest absolute Gasteiger partial charge is 0.418 e. The fraction of sp³-hybridized carbons (Fsp3) is 0.500. The highest BCUT2D eigenvalue weighted by atomic mass is 35.5. The highest BCUT2D eigenvalue weighted by Crippen LogP contribution is 2.40. The maximum Gasteiger partial charge on any atom is 0.418 e. The monoisotopic (exact) mass is 333 g/mol. The van der Waals surface area contributed by atoms with Gasteiger partial charge in [-0.05, 0) is 25.1 Å². The molecule has 0 unspecified atom stereocenters. The van der Waals surface area contributed by atoms with Gasteiger partial charge in [-0.1, -0.05) is 11.6 Å². The molecule has 0 spiro atoms. The van der Waals surface area contributed by atoms with Crippen LogP contribution < -0.4 is 10.2 Å². The molecule has 2 fully saturated rings. The average molecular weight is 334 g/mol. The van der Waals surface area contributed by atoms with Gasteiger partial charge in [0.2, 0.25) is 0 Å². The van der Waals surface area contributed by atoms with Crippen molar-refractivity contribution in [2.75, 3.05) is 24.5 Å². The number of carbonyl (C=O) groups excluding carboxylic acids is 1. The van der Waals surface area contributed by atoms with Gasteiger partial charge >= 0.3 is 12.2 Å². The van der Waals surface area contributed by atoms with Gasteiger partial charge in [0, 0.05) is 30.7 Å². The SMILES string of the molecule is C[C@@H]1CN2C(=O)N(c3ccc(Cl)cc3C(F)(F)F)C[C@@H]2CN1. The molecule has 0 aliphatic carbocycles. The summed E-state index contributed by atoms with van der Waals surface area (Å²) in [6.07, 6.45) is -4.56. The molecule has 1 N–H and O–H groups in total. The van der Waals surface area contributed by atoms with Crippen molar-refractivity contribution in [2.24, 2.45) is 0 Å². The number of benzene rings is 1. The number of alkyl halides is 3. The Morgan fingerprint density at radius 3 is 2.73 bits per heavy atom. The lowest BCUT2D eigenvalue weighted by Crippen LogP contribution is -2.54. The number of nitrogens with zero attached hydrogens (tertiary/aromatic N) is 2. The van der Waals surface area contributed by atoms with E-state index in [9.17, 15) is 18.0 Å². The number of halogens is 4. The maximum atomic E-state index is 13.2. The normalized spacial score (nSPS) is 25.6. The number of hydrogen-bond acceptors (Lipinski definition) is 2. The van der Waals surface area contributed by atoms with Crippen molar-refractivity contribution < 1.29 is 18.0 Å². The standard InChI is InChI=1S/C14H15ClF3N3O/c1-8-6-20-10(5-19-8)7-21(13(20)22)12-3-2-9(15)4-11(12)14(16,17)18/h2-4,8,10,19H,5-7H2,1H3/t8-,10+/m1/s1. The molecular formula is C14H15ClF3N3O. The number of piperazine rings is 1. The number of nitrogens with one attached hydrogen (secondary N) is 1. The Balaban J connectivity index is 1.97. The first-order chi connectivity index (χ1) is 10.3. The van der Waals surface area contributed by atoms with E-state index in [1.165, 1.54) is 17.0 Å². The van der Waals surface area contributed by atoms with Gasteiger partial charge in [0.1, 0.15) is 0 Å². The van der Waals surface area contributed by atoms with Crippen molar-refractivity contribution in [3.63, 3.8) is 0 Å². The summed E-state index contributed by atoms with van der Waals surface area (Å²) in [7, 11) is 0. The Labute approximate surface area is 130 Å². The number of hydrogen-bond donors (Lipinski definition) is 1. The maximum absolute atomic E-state index is 13.2. The summed E-state index contributed by atoms with van der Waals surface area (Å²) < 4.78 is 39.7. The molecule has 0 bridgehead atoms. The van der Waals surface area contributed by atoms with E-state index in [1.807, 2.05) is 6.92 Å². The van der Waals surface area contributed by atoms with Crippen molar-refractivity contribution >= 4 is 23.3 Å². The minimum Gasteiger partial charge on any atom is -0.317 e. The van der Waals surface area contributed by atoms with E-state index < -0.39 is 11.7 Å². The molecule has 1 aromatic rings. The molecule has 8 heteroatoms. The van der Waals surface area contributed by atoms with Crippen LogP contribution in [0.4, 0.5) is 23.7 Å². The predicted octanol–water partition coefficient (Wildman–Crippen LogP) is 2.96. The van der Waals surface area contributed by atoms with Crippen molar-refractivity contribution in [3.8, 4) is 0 Å². The quantitative estimate of drug-likeness (QED) is 0.857. The molecule has 4 nitrogen and oxygen atoms in total. The Morgan fingerprint density at radius 2 is 2.05 bits per heavy atom. The molecule has 2 amide bonds. The van der Waals surface area contributed by atoms with Crippen LogP contribution in [0.5, 0.6) is 0 Å². The van der Waals surface area contributed by atoms with E-state index in [4.69, 9.17) is 11.6 Å². The van der Waals surface area contributed by atoms with Crippen LogP contribution in [0.25, 0.3) is 0 Å². The van der Waals surface area contributed by atoms with Crippen molar-refractivity contribution in [2.45, 2.75) is 25.2 Å². The zero-order valence-electron chi connectivity index (χ0n) is 11.8. The van der Waals surface area contributed by atoms with Crippen LogP contribution in [-0.4, -0.2) is 42.6 Å². The molecule has 2 aliphatic heterocycles. The fourth-order valence-corrected chi connectivity index (χ4v) is 3.14. The third kappa shape index (κ3) is 2.63. The number of fused-ring (bicyclic) bond motifs is 1. The van der Waals surface area contributed by atoms with E-state index in [-0.39, 0.29) is 35.4 Å². The molecule has 0 saturated carbocycles. The Bertz CT molecular complexity index is 607. The van der Waals surface area contributed by atoms with Crippen LogP contribution in [0.3, 0.4) is 0 Å². The average Bonchev–Trinajstić information content (AvgIpc) is 2.75. The van der Waals surface area contributed by atoms with Gasteiger partial charge in [0.25, 0.3) is 0 Å². The van der Waals surface area contributed by atoms with E-state index in [1.54, 1.807) is 4.90 Å². The van der Waals surface area contributed by atoms with Crippen LogP contribution in [-0.2, 0) is 6.18 Å². The van der Waals surface area contributed by atoms with Gasteiger partial charge in [0.15, 0.2) is 0 Å². The van der Waals surface area contributed by atoms with Crippen molar-refractivity contribution in [3.05, 3.63) is 28.8 Å². The minimum absolute atomic E-state index is 0.00395. The lowest BCUT2D eigenvalue weighted by atomic mass is 10.1. The molecule has 2 heterocycles. The zero-order valence-corrected chi connectivity index (χ0v) is 12.6. The van der Waals surface area contributed by atoms with E-state index >= 15 is 0 Å². The fourth-order valence-electron chi connectivity index (χ4n) is 2.97. The summed E-state index contributed by atoms with van der Waals surface area (Å²) >= 11 is 5.68. The van der Waals surface area contributed by atoms with Gasteiger partial charge in [-0.25, -0.2) is 4.79 Å². The molecular weight excluding hydrogens is 319 g/mol. The van der Waals surface area contributed by atoms with E-state index in [2.05, 4.69) is 5.32 Å². The second-order valence-electron chi connectivity index (χ2n) is 5.67. The number of anilines is 1. The van der Waals surface area contributed by atoms with Gasteiger partial charge < -0.3 is 10.2 Å². The van der Waals surface area contributed by atoms with Crippen molar-refractivity contribution in [1.82, 2.24) is 10.2 Å². The Morgan fingerprint density at radius 1 is 1.32 bits per heavy atom. The van der Waals surface area contributed by atoms with Crippen LogP contribution >= 0.6 is 11.6 Å². The molecule has 22 heavy (non-hydrogen) atoms. The van der Waals surface area contributed by atoms with E-state index in [0.29, 0.717) is 13.1 Å². The second-order valence-corrected chi connectivity index (χ2v) is 6.10. The van der Waals surface area contributed by atoms with Gasteiger partial charge in [-0.15, -0.1) is 0 Å². The smallest absolute Gasteiger partial charge is 0.317 e. The second kappa shape index (κ2) is 5.31. The molecule has 2 aliphatic rings. The first-order valence-electron chi connectivity index (χ1n) is 6.95. The van der Waals surface area contributed by atoms with Crippen LogP contribution in [0.2, 0.25) is 5.02 Å². The third-order valence-corrected chi connectivity index (χ3v) is 4.27. The summed E-state index contributed by atoms with van der Waals surface area (Å²) in [6, 6.07) is 3.14. The first kappa shape index (κ1) is 15.4. The topological polar surface area (TPSA) is 35.6 Å². The van der Waals surface area contributed by atoms with E-state index in [0.717, 1.165) is 6.07 Å². The number of carbonyl (C=O) groups is 1. The van der Waals surface area contributed by atoms with Crippen LogP contribution in [0.15, 0.2) is 18.2 Å². The molecule has 0 radical (unpaired) electrons. The summed E-state index contributed by atoms with van der Waals surface area (Å²) in [5.41, 5.74) is -1.02. The summed E-state index contributed by atoms with van der Waals surface area (Å²) in [5.74, 6) is 0.